The van der Waals surface area contributed by atoms with Crippen LogP contribution in [0.2, 0.25) is 0 Å². The number of thiazole rings is 1. The fourth-order valence-corrected chi connectivity index (χ4v) is 1.95. The molecule has 2 aromatic rings. The third-order valence-electron chi connectivity index (χ3n) is 1.75. The largest absolute Gasteiger partial charge is 0.477 e. The number of hydrogen-bond donors (Lipinski definition) is 1. The molecule has 0 bridgehead atoms. The van der Waals surface area contributed by atoms with Crippen LogP contribution in [0.1, 0.15) is 15.4 Å². The van der Waals surface area contributed by atoms with Crippen LogP contribution in [-0.4, -0.2) is 26.0 Å². The van der Waals surface area contributed by atoms with Crippen LogP contribution in [0.4, 0.5) is 0 Å². The summed E-state index contributed by atoms with van der Waals surface area (Å²) < 4.78 is 0. The number of carbonyl (C=O) groups is 1. The van der Waals surface area contributed by atoms with Gasteiger partial charge in [0.15, 0.2) is 10.8 Å². The van der Waals surface area contributed by atoms with Crippen molar-refractivity contribution in [3.63, 3.8) is 0 Å². The summed E-state index contributed by atoms with van der Waals surface area (Å²) in [6.07, 6.45) is 3.19. The molecule has 76 valence electrons. The highest BCUT2D eigenvalue weighted by Gasteiger charge is 2.15. The van der Waals surface area contributed by atoms with Gasteiger partial charge in [0, 0.05) is 12.4 Å². The molecule has 0 aliphatic carbocycles. The molecule has 0 aromatic carbocycles. The van der Waals surface area contributed by atoms with Crippen molar-refractivity contribution in [3.05, 3.63) is 29.0 Å². The number of rotatable bonds is 2. The molecule has 2 heterocycles. The molecule has 0 fully saturated rings. The summed E-state index contributed by atoms with van der Waals surface area (Å²) in [7, 11) is 0. The van der Waals surface area contributed by atoms with Crippen LogP contribution in [0.25, 0.3) is 10.8 Å². The van der Waals surface area contributed by atoms with E-state index >= 15 is 0 Å². The highest BCUT2D eigenvalue weighted by Crippen LogP contribution is 2.24. The molecule has 0 unspecified atom stereocenters. The van der Waals surface area contributed by atoms with Crippen LogP contribution in [0.15, 0.2) is 18.5 Å². The highest BCUT2D eigenvalue weighted by atomic mass is 32.1. The van der Waals surface area contributed by atoms with Crippen molar-refractivity contribution in [1.82, 2.24) is 15.0 Å². The van der Waals surface area contributed by atoms with E-state index in [0.717, 1.165) is 11.3 Å². The number of nitrogens with zero attached hydrogens (tertiary/aromatic N) is 3. The van der Waals surface area contributed by atoms with Crippen molar-refractivity contribution in [2.75, 3.05) is 0 Å². The number of hydrogen-bond acceptors (Lipinski definition) is 5. The van der Waals surface area contributed by atoms with E-state index in [4.69, 9.17) is 5.11 Å². The van der Waals surface area contributed by atoms with E-state index in [2.05, 4.69) is 15.0 Å². The highest BCUT2D eigenvalue weighted by molar-refractivity contribution is 7.16. The number of aromatic nitrogens is 3. The SMILES string of the molecule is Cc1nc(-c2ncccn2)sc1C(=O)O. The zero-order valence-corrected chi connectivity index (χ0v) is 8.65. The van der Waals surface area contributed by atoms with Gasteiger partial charge < -0.3 is 5.11 Å². The zero-order chi connectivity index (χ0) is 10.8. The summed E-state index contributed by atoms with van der Waals surface area (Å²) in [6, 6.07) is 1.70. The summed E-state index contributed by atoms with van der Waals surface area (Å²) in [6.45, 7) is 1.66. The molecule has 0 radical (unpaired) electrons. The van der Waals surface area contributed by atoms with Gasteiger partial charge in [0.1, 0.15) is 4.88 Å². The maximum absolute atomic E-state index is 10.8. The molecule has 0 aliphatic heterocycles. The van der Waals surface area contributed by atoms with Gasteiger partial charge in [-0.05, 0) is 13.0 Å². The van der Waals surface area contributed by atoms with Gasteiger partial charge in [0.25, 0.3) is 0 Å². The van der Waals surface area contributed by atoms with Gasteiger partial charge in [-0.15, -0.1) is 11.3 Å². The first kappa shape index (κ1) is 9.72. The lowest BCUT2D eigenvalue weighted by Gasteiger charge is -1.90. The van der Waals surface area contributed by atoms with Crippen LogP contribution in [0.3, 0.4) is 0 Å². The average Bonchev–Trinajstić information content (AvgIpc) is 2.62. The number of aryl methyl sites for hydroxylation is 1. The molecule has 0 amide bonds. The molecule has 0 spiro atoms. The minimum atomic E-state index is -0.966. The second-order valence-corrected chi connectivity index (χ2v) is 3.81. The maximum atomic E-state index is 10.8. The zero-order valence-electron chi connectivity index (χ0n) is 7.84. The molecule has 1 N–H and O–H groups in total. The van der Waals surface area contributed by atoms with Gasteiger partial charge in [-0.2, -0.15) is 0 Å². The molecule has 5 nitrogen and oxygen atoms in total. The summed E-state index contributed by atoms with van der Waals surface area (Å²) in [5, 5.41) is 9.39. The Hall–Kier alpha value is -1.82. The standard InChI is InChI=1S/C9H7N3O2S/c1-5-6(9(13)14)15-8(12-5)7-10-3-2-4-11-7/h2-4H,1H3,(H,13,14). The van der Waals surface area contributed by atoms with Gasteiger partial charge in [-0.3, -0.25) is 0 Å². The van der Waals surface area contributed by atoms with Gasteiger partial charge in [-0.1, -0.05) is 0 Å². The van der Waals surface area contributed by atoms with Crippen LogP contribution in [-0.2, 0) is 0 Å². The van der Waals surface area contributed by atoms with E-state index in [1.165, 1.54) is 0 Å². The molecule has 2 aromatic heterocycles. The lowest BCUT2D eigenvalue weighted by molar-refractivity contribution is 0.0701. The number of carboxylic acids is 1. The van der Waals surface area contributed by atoms with E-state index in [0.29, 0.717) is 16.5 Å². The molecule has 0 saturated heterocycles. The van der Waals surface area contributed by atoms with Gasteiger partial charge in [-0.25, -0.2) is 19.7 Å². The van der Waals surface area contributed by atoms with Crippen LogP contribution in [0, 0.1) is 6.92 Å². The molecule has 2 rings (SSSR count). The van der Waals surface area contributed by atoms with E-state index in [-0.39, 0.29) is 4.88 Å². The Morgan fingerprint density at radius 3 is 2.60 bits per heavy atom. The summed E-state index contributed by atoms with van der Waals surface area (Å²) in [5.41, 5.74) is 0.495. The van der Waals surface area contributed by atoms with E-state index in [9.17, 15) is 4.79 Å². The van der Waals surface area contributed by atoms with Crippen LogP contribution < -0.4 is 0 Å². The van der Waals surface area contributed by atoms with Crippen LogP contribution >= 0.6 is 11.3 Å². The molecular weight excluding hydrogens is 214 g/mol. The topological polar surface area (TPSA) is 76.0 Å². The monoisotopic (exact) mass is 221 g/mol. The first-order valence-corrected chi connectivity index (χ1v) is 4.98. The third kappa shape index (κ3) is 1.84. The van der Waals surface area contributed by atoms with Crippen molar-refractivity contribution in [1.29, 1.82) is 0 Å². The van der Waals surface area contributed by atoms with E-state index in [1.54, 1.807) is 25.4 Å². The Kier molecular flexibility index (Phi) is 2.42. The lowest BCUT2D eigenvalue weighted by Crippen LogP contribution is -1.94. The van der Waals surface area contributed by atoms with E-state index < -0.39 is 5.97 Å². The lowest BCUT2D eigenvalue weighted by atomic mass is 10.4. The second kappa shape index (κ2) is 3.74. The predicted octanol–water partition coefficient (Wildman–Crippen LogP) is 1.61. The summed E-state index contributed by atoms with van der Waals surface area (Å²) in [5.74, 6) is -0.509. The molecule has 15 heavy (non-hydrogen) atoms. The minimum Gasteiger partial charge on any atom is -0.477 e. The maximum Gasteiger partial charge on any atom is 0.347 e. The Morgan fingerprint density at radius 2 is 2.07 bits per heavy atom. The smallest absolute Gasteiger partial charge is 0.347 e. The van der Waals surface area contributed by atoms with Gasteiger partial charge in [0.2, 0.25) is 0 Å². The Balaban J connectivity index is 2.48. The number of carboxylic acid groups (broad SMARTS) is 1. The van der Waals surface area contributed by atoms with Crippen molar-refractivity contribution in [3.8, 4) is 10.8 Å². The molecule has 0 saturated carbocycles. The van der Waals surface area contributed by atoms with Gasteiger partial charge in [0.05, 0.1) is 5.69 Å². The van der Waals surface area contributed by atoms with Crippen LogP contribution in [0.5, 0.6) is 0 Å². The normalized spacial score (nSPS) is 10.2. The van der Waals surface area contributed by atoms with Crippen molar-refractivity contribution in [2.45, 2.75) is 6.92 Å². The van der Waals surface area contributed by atoms with Crippen molar-refractivity contribution in [2.24, 2.45) is 0 Å². The average molecular weight is 221 g/mol. The first-order chi connectivity index (χ1) is 7.18. The Labute approximate surface area is 89.5 Å². The molecule has 0 atom stereocenters. The Bertz CT molecular complexity index is 495. The van der Waals surface area contributed by atoms with E-state index in [1.807, 2.05) is 0 Å². The van der Waals surface area contributed by atoms with Crippen molar-refractivity contribution < 1.29 is 9.90 Å². The van der Waals surface area contributed by atoms with Gasteiger partial charge >= 0.3 is 5.97 Å². The molecular formula is C9H7N3O2S. The van der Waals surface area contributed by atoms with Crippen molar-refractivity contribution >= 4 is 17.3 Å². The fraction of sp³-hybridized carbons (Fsp3) is 0.111. The fourth-order valence-electron chi connectivity index (χ4n) is 1.10. The Morgan fingerprint density at radius 1 is 1.40 bits per heavy atom. The number of aromatic carboxylic acids is 1. The summed E-state index contributed by atoms with van der Waals surface area (Å²) in [4.78, 5) is 23.2. The second-order valence-electron chi connectivity index (χ2n) is 2.81. The third-order valence-corrected chi connectivity index (χ3v) is 2.89. The quantitative estimate of drug-likeness (QED) is 0.833. The summed E-state index contributed by atoms with van der Waals surface area (Å²) >= 11 is 1.09. The first-order valence-electron chi connectivity index (χ1n) is 4.16. The minimum absolute atomic E-state index is 0.234. The molecule has 0 aliphatic rings. The molecule has 6 heteroatoms. The predicted molar refractivity (Wildman–Crippen MR) is 54.8 cm³/mol.